The highest BCUT2D eigenvalue weighted by Gasteiger charge is 2.16. The van der Waals surface area contributed by atoms with Gasteiger partial charge in [0.1, 0.15) is 0 Å². The van der Waals surface area contributed by atoms with E-state index in [-0.39, 0.29) is 5.91 Å². The summed E-state index contributed by atoms with van der Waals surface area (Å²) in [5.41, 5.74) is 1.08. The third kappa shape index (κ3) is 4.80. The summed E-state index contributed by atoms with van der Waals surface area (Å²) in [7, 11) is 1.86. The molecule has 3 nitrogen and oxygen atoms in total. The number of carbonyl (C=O) groups excluding carboxylic acids is 1. The highest BCUT2D eigenvalue weighted by atomic mass is 35.5. The van der Waals surface area contributed by atoms with Crippen molar-refractivity contribution in [1.29, 1.82) is 0 Å². The summed E-state index contributed by atoms with van der Waals surface area (Å²) in [6.07, 6.45) is 4.12. The Hall–Kier alpha value is -1.06. The molecule has 1 aromatic rings. The predicted octanol–water partition coefficient (Wildman–Crippen LogP) is 3.08. The van der Waals surface area contributed by atoms with Gasteiger partial charge in [-0.2, -0.15) is 0 Å². The molecule has 0 aliphatic carbocycles. The number of carbonyl (C=O) groups is 1. The van der Waals surface area contributed by atoms with Crippen molar-refractivity contribution in [1.82, 2.24) is 10.2 Å². The second-order valence-corrected chi connectivity index (χ2v) is 6.07. The Kier molecular flexibility index (Phi) is 5.86. The third-order valence-electron chi connectivity index (χ3n) is 3.90. The van der Waals surface area contributed by atoms with Crippen LogP contribution >= 0.6 is 11.6 Å². The van der Waals surface area contributed by atoms with E-state index in [1.165, 1.54) is 12.8 Å². The van der Waals surface area contributed by atoms with Crippen LogP contribution in [0.1, 0.15) is 31.2 Å². The number of amides is 1. The van der Waals surface area contributed by atoms with Crippen molar-refractivity contribution in [3.8, 4) is 0 Å². The Balaban J connectivity index is 1.76. The van der Waals surface area contributed by atoms with Crippen LogP contribution in [0.2, 0.25) is 5.02 Å². The van der Waals surface area contributed by atoms with Crippen LogP contribution in [0.4, 0.5) is 0 Å². The van der Waals surface area contributed by atoms with Gasteiger partial charge in [-0.05, 0) is 56.0 Å². The zero-order chi connectivity index (χ0) is 14.4. The fourth-order valence-electron chi connectivity index (χ4n) is 2.69. The van der Waals surface area contributed by atoms with Crippen LogP contribution in [0.5, 0.6) is 0 Å². The number of rotatable bonds is 5. The SMILES string of the molecule is CN(Cc1cccc(Cl)c1)C(=O)CCC1CCCNC1. The molecule has 1 aliphatic heterocycles. The first-order valence-electron chi connectivity index (χ1n) is 7.34. The van der Waals surface area contributed by atoms with Crippen molar-refractivity contribution in [3.05, 3.63) is 34.9 Å². The molecule has 1 aliphatic rings. The van der Waals surface area contributed by atoms with Crippen molar-refractivity contribution in [2.45, 2.75) is 32.2 Å². The number of benzene rings is 1. The topological polar surface area (TPSA) is 32.3 Å². The quantitative estimate of drug-likeness (QED) is 0.905. The first-order chi connectivity index (χ1) is 9.65. The van der Waals surface area contributed by atoms with Crippen LogP contribution in [-0.2, 0) is 11.3 Å². The summed E-state index contributed by atoms with van der Waals surface area (Å²) in [6.45, 7) is 2.81. The molecule has 20 heavy (non-hydrogen) atoms. The molecule has 1 amide bonds. The Morgan fingerprint density at radius 2 is 2.35 bits per heavy atom. The van der Waals surface area contributed by atoms with E-state index in [1.807, 2.05) is 31.3 Å². The van der Waals surface area contributed by atoms with Crippen LogP contribution in [0.3, 0.4) is 0 Å². The summed E-state index contributed by atoms with van der Waals surface area (Å²) < 4.78 is 0. The third-order valence-corrected chi connectivity index (χ3v) is 4.14. The predicted molar refractivity (Wildman–Crippen MR) is 82.8 cm³/mol. The van der Waals surface area contributed by atoms with Crippen LogP contribution in [0.15, 0.2) is 24.3 Å². The Morgan fingerprint density at radius 1 is 1.50 bits per heavy atom. The molecular weight excluding hydrogens is 272 g/mol. The van der Waals surface area contributed by atoms with Crippen molar-refractivity contribution in [2.24, 2.45) is 5.92 Å². The maximum Gasteiger partial charge on any atom is 0.222 e. The molecule has 0 saturated carbocycles. The van der Waals surface area contributed by atoms with Gasteiger partial charge in [0.25, 0.3) is 0 Å². The van der Waals surface area contributed by atoms with Crippen LogP contribution in [-0.4, -0.2) is 30.9 Å². The number of hydrogen-bond acceptors (Lipinski definition) is 2. The maximum absolute atomic E-state index is 12.1. The van der Waals surface area contributed by atoms with Gasteiger partial charge < -0.3 is 10.2 Å². The van der Waals surface area contributed by atoms with Crippen LogP contribution in [0.25, 0.3) is 0 Å². The van der Waals surface area contributed by atoms with Crippen molar-refractivity contribution >= 4 is 17.5 Å². The lowest BCUT2D eigenvalue weighted by Gasteiger charge is -2.24. The molecule has 0 spiro atoms. The van der Waals surface area contributed by atoms with Gasteiger partial charge >= 0.3 is 0 Å². The fourth-order valence-corrected chi connectivity index (χ4v) is 2.90. The highest BCUT2D eigenvalue weighted by Crippen LogP contribution is 2.17. The molecule has 1 unspecified atom stereocenters. The first-order valence-corrected chi connectivity index (χ1v) is 7.72. The van der Waals surface area contributed by atoms with E-state index < -0.39 is 0 Å². The van der Waals surface area contributed by atoms with Gasteiger partial charge in [-0.25, -0.2) is 0 Å². The molecular formula is C16H23ClN2O. The molecule has 1 fully saturated rings. The van der Waals surface area contributed by atoms with Crippen molar-refractivity contribution in [3.63, 3.8) is 0 Å². The van der Waals surface area contributed by atoms with Crippen LogP contribution in [0, 0.1) is 5.92 Å². The molecule has 110 valence electrons. The minimum absolute atomic E-state index is 0.218. The van der Waals surface area contributed by atoms with Gasteiger partial charge in [0.2, 0.25) is 5.91 Å². The van der Waals surface area contributed by atoms with Crippen molar-refractivity contribution in [2.75, 3.05) is 20.1 Å². The summed E-state index contributed by atoms with van der Waals surface area (Å²) in [5.74, 6) is 0.878. The molecule has 1 N–H and O–H groups in total. The molecule has 0 radical (unpaired) electrons. The van der Waals surface area contributed by atoms with E-state index in [2.05, 4.69) is 5.32 Å². The van der Waals surface area contributed by atoms with Crippen LogP contribution < -0.4 is 5.32 Å². The lowest BCUT2D eigenvalue weighted by Crippen LogP contribution is -2.31. The Bertz CT molecular complexity index is 444. The molecule has 2 rings (SSSR count). The maximum atomic E-state index is 12.1. The average molecular weight is 295 g/mol. The summed E-state index contributed by atoms with van der Waals surface area (Å²) in [5, 5.41) is 4.11. The van der Waals surface area contributed by atoms with E-state index >= 15 is 0 Å². The number of nitrogens with zero attached hydrogens (tertiary/aromatic N) is 1. The Labute approximate surface area is 126 Å². The number of halogens is 1. The molecule has 1 saturated heterocycles. The summed E-state index contributed by atoms with van der Waals surface area (Å²) in [6, 6.07) is 7.68. The largest absolute Gasteiger partial charge is 0.341 e. The lowest BCUT2D eigenvalue weighted by atomic mass is 9.94. The normalized spacial score (nSPS) is 18.8. The molecule has 4 heteroatoms. The Morgan fingerprint density at radius 3 is 3.05 bits per heavy atom. The average Bonchev–Trinajstić information content (AvgIpc) is 2.46. The number of nitrogens with one attached hydrogen (secondary N) is 1. The first kappa shape index (κ1) is 15.3. The molecule has 0 bridgehead atoms. The summed E-state index contributed by atoms with van der Waals surface area (Å²) in [4.78, 5) is 13.9. The zero-order valence-electron chi connectivity index (χ0n) is 12.1. The fraction of sp³-hybridized carbons (Fsp3) is 0.562. The second kappa shape index (κ2) is 7.65. The minimum atomic E-state index is 0.218. The van der Waals surface area contributed by atoms with Gasteiger partial charge in [-0.15, -0.1) is 0 Å². The molecule has 1 heterocycles. The van der Waals surface area contributed by atoms with E-state index in [0.717, 1.165) is 30.1 Å². The van der Waals surface area contributed by atoms with Gasteiger partial charge in [0.05, 0.1) is 0 Å². The minimum Gasteiger partial charge on any atom is -0.341 e. The van der Waals surface area contributed by atoms with E-state index in [4.69, 9.17) is 11.6 Å². The van der Waals surface area contributed by atoms with Gasteiger partial charge in [-0.1, -0.05) is 23.7 Å². The monoisotopic (exact) mass is 294 g/mol. The lowest BCUT2D eigenvalue weighted by molar-refractivity contribution is -0.130. The van der Waals surface area contributed by atoms with E-state index in [0.29, 0.717) is 18.9 Å². The summed E-state index contributed by atoms with van der Waals surface area (Å²) >= 11 is 5.96. The van der Waals surface area contributed by atoms with Crippen molar-refractivity contribution < 1.29 is 4.79 Å². The van der Waals surface area contributed by atoms with Gasteiger partial charge in [0, 0.05) is 25.0 Å². The molecule has 1 atom stereocenters. The smallest absolute Gasteiger partial charge is 0.222 e. The number of hydrogen-bond donors (Lipinski definition) is 1. The van der Waals surface area contributed by atoms with E-state index in [9.17, 15) is 4.79 Å². The van der Waals surface area contributed by atoms with Gasteiger partial charge in [-0.3, -0.25) is 4.79 Å². The standard InChI is InChI=1S/C16H23ClN2O/c1-19(12-14-4-2-6-15(17)10-14)16(20)8-7-13-5-3-9-18-11-13/h2,4,6,10,13,18H,3,5,7-9,11-12H2,1H3. The zero-order valence-corrected chi connectivity index (χ0v) is 12.8. The number of piperidine rings is 1. The molecule has 1 aromatic carbocycles. The highest BCUT2D eigenvalue weighted by molar-refractivity contribution is 6.30. The second-order valence-electron chi connectivity index (χ2n) is 5.63. The van der Waals surface area contributed by atoms with Gasteiger partial charge in [0.15, 0.2) is 0 Å². The molecule has 0 aromatic heterocycles. The van der Waals surface area contributed by atoms with E-state index in [1.54, 1.807) is 4.90 Å².